The second-order valence-corrected chi connectivity index (χ2v) is 6.10. The first kappa shape index (κ1) is 12.8. The SMILES string of the molecule is C=C(C)C(=O)SC1(CCCCC)CCC1. The Labute approximate surface area is 97.7 Å². The average Bonchev–Trinajstić information content (AvgIpc) is 2.13. The standard InChI is InChI=1S/C13H22OS/c1-4-5-6-8-13(9-7-10-13)15-12(14)11(2)3/h2,4-10H2,1,3H3. The lowest BCUT2D eigenvalue weighted by Gasteiger charge is -2.40. The molecule has 2 heteroatoms. The topological polar surface area (TPSA) is 17.1 Å². The number of carbonyl (C=O) groups excluding carboxylic acids is 1. The van der Waals surface area contributed by atoms with Crippen LogP contribution in [0.25, 0.3) is 0 Å². The Morgan fingerprint density at radius 2 is 2.07 bits per heavy atom. The van der Waals surface area contributed by atoms with Gasteiger partial charge in [-0.15, -0.1) is 0 Å². The summed E-state index contributed by atoms with van der Waals surface area (Å²) < 4.78 is 0.283. The largest absolute Gasteiger partial charge is 0.282 e. The summed E-state index contributed by atoms with van der Waals surface area (Å²) in [5.41, 5.74) is 0.696. The molecule has 1 fully saturated rings. The molecule has 0 aromatic carbocycles. The molecule has 0 saturated heterocycles. The summed E-state index contributed by atoms with van der Waals surface area (Å²) in [4.78, 5) is 11.6. The Morgan fingerprint density at radius 3 is 2.47 bits per heavy atom. The number of thioether (sulfide) groups is 1. The van der Waals surface area contributed by atoms with Gasteiger partial charge in [0.15, 0.2) is 0 Å². The van der Waals surface area contributed by atoms with Gasteiger partial charge < -0.3 is 0 Å². The Hall–Kier alpha value is -0.240. The number of hydrogen-bond donors (Lipinski definition) is 0. The Bertz CT molecular complexity index is 241. The van der Waals surface area contributed by atoms with Crippen LogP contribution in [0.15, 0.2) is 12.2 Å². The number of unbranched alkanes of at least 4 members (excludes halogenated alkanes) is 2. The molecule has 0 aromatic heterocycles. The van der Waals surface area contributed by atoms with Gasteiger partial charge in [-0.3, -0.25) is 4.79 Å². The zero-order valence-corrected chi connectivity index (χ0v) is 10.8. The van der Waals surface area contributed by atoms with Gasteiger partial charge in [-0.25, -0.2) is 0 Å². The lowest BCUT2D eigenvalue weighted by molar-refractivity contribution is -0.107. The van der Waals surface area contributed by atoms with Crippen molar-refractivity contribution in [1.29, 1.82) is 0 Å². The van der Waals surface area contributed by atoms with Crippen molar-refractivity contribution in [2.24, 2.45) is 0 Å². The maximum absolute atomic E-state index is 11.6. The molecule has 1 saturated carbocycles. The molecule has 0 bridgehead atoms. The summed E-state index contributed by atoms with van der Waals surface area (Å²) in [6.45, 7) is 7.76. The molecule has 1 rings (SSSR count). The van der Waals surface area contributed by atoms with Crippen molar-refractivity contribution in [2.75, 3.05) is 0 Å². The summed E-state index contributed by atoms with van der Waals surface area (Å²) >= 11 is 1.55. The highest BCUT2D eigenvalue weighted by Gasteiger charge is 2.38. The fourth-order valence-corrected chi connectivity index (χ4v) is 3.26. The van der Waals surface area contributed by atoms with E-state index < -0.39 is 0 Å². The first-order valence-corrected chi connectivity index (χ1v) is 6.80. The van der Waals surface area contributed by atoms with Crippen LogP contribution in [0, 0.1) is 0 Å². The highest BCUT2D eigenvalue weighted by Crippen LogP contribution is 2.48. The number of rotatable bonds is 6. The van der Waals surface area contributed by atoms with Crippen molar-refractivity contribution in [3.05, 3.63) is 12.2 Å². The van der Waals surface area contributed by atoms with Crippen LogP contribution in [0.4, 0.5) is 0 Å². The van der Waals surface area contributed by atoms with E-state index in [1.165, 1.54) is 44.9 Å². The predicted molar refractivity (Wildman–Crippen MR) is 68.1 cm³/mol. The third-order valence-corrected chi connectivity index (χ3v) is 4.74. The van der Waals surface area contributed by atoms with E-state index in [2.05, 4.69) is 13.5 Å². The zero-order chi connectivity index (χ0) is 11.3. The maximum Gasteiger partial charge on any atom is 0.214 e. The Balaban J connectivity index is 2.39. The van der Waals surface area contributed by atoms with Crippen molar-refractivity contribution in [1.82, 2.24) is 0 Å². The summed E-state index contributed by atoms with van der Waals surface area (Å²) in [5.74, 6) is 0. The minimum atomic E-state index is 0.200. The minimum absolute atomic E-state index is 0.200. The molecule has 1 aliphatic carbocycles. The molecule has 86 valence electrons. The second-order valence-electron chi connectivity index (χ2n) is 4.66. The van der Waals surface area contributed by atoms with E-state index in [0.717, 1.165) is 0 Å². The lowest BCUT2D eigenvalue weighted by Crippen LogP contribution is -2.34. The molecule has 0 amide bonds. The van der Waals surface area contributed by atoms with E-state index in [4.69, 9.17) is 0 Å². The van der Waals surface area contributed by atoms with Crippen LogP contribution in [-0.4, -0.2) is 9.86 Å². The average molecular weight is 226 g/mol. The van der Waals surface area contributed by atoms with Crippen molar-refractivity contribution < 1.29 is 4.79 Å². The predicted octanol–water partition coefficient (Wildman–Crippen LogP) is 4.33. The van der Waals surface area contributed by atoms with Gasteiger partial charge in [0.1, 0.15) is 0 Å². The summed E-state index contributed by atoms with van der Waals surface area (Å²) in [5, 5.41) is 0.200. The maximum atomic E-state index is 11.6. The molecule has 0 unspecified atom stereocenters. The molecule has 0 N–H and O–H groups in total. The summed E-state index contributed by atoms with van der Waals surface area (Å²) in [6, 6.07) is 0. The van der Waals surface area contributed by atoms with Crippen molar-refractivity contribution in [3.63, 3.8) is 0 Å². The minimum Gasteiger partial charge on any atom is -0.282 e. The fourth-order valence-electron chi connectivity index (χ4n) is 1.96. The molecular weight excluding hydrogens is 204 g/mol. The molecule has 0 aromatic rings. The van der Waals surface area contributed by atoms with E-state index in [1.54, 1.807) is 11.8 Å². The fraction of sp³-hybridized carbons (Fsp3) is 0.769. The van der Waals surface area contributed by atoms with Gasteiger partial charge >= 0.3 is 0 Å². The molecule has 0 heterocycles. The molecule has 0 atom stereocenters. The first-order chi connectivity index (χ1) is 7.09. The van der Waals surface area contributed by atoms with E-state index >= 15 is 0 Å². The van der Waals surface area contributed by atoms with Crippen LogP contribution in [-0.2, 0) is 4.79 Å². The molecule has 1 aliphatic rings. The normalized spacial score (nSPS) is 18.3. The number of carbonyl (C=O) groups is 1. The quantitative estimate of drug-likeness (QED) is 0.495. The lowest BCUT2D eigenvalue weighted by atomic mass is 9.80. The van der Waals surface area contributed by atoms with Crippen molar-refractivity contribution in [3.8, 4) is 0 Å². The third-order valence-electron chi connectivity index (χ3n) is 3.16. The van der Waals surface area contributed by atoms with Crippen LogP contribution < -0.4 is 0 Å². The highest BCUT2D eigenvalue weighted by molar-refractivity contribution is 8.15. The van der Waals surface area contributed by atoms with Gasteiger partial charge in [-0.2, -0.15) is 0 Å². The number of hydrogen-bond acceptors (Lipinski definition) is 2. The monoisotopic (exact) mass is 226 g/mol. The Morgan fingerprint density at radius 1 is 1.40 bits per heavy atom. The van der Waals surface area contributed by atoms with Crippen molar-refractivity contribution in [2.45, 2.75) is 63.5 Å². The van der Waals surface area contributed by atoms with Crippen LogP contribution in [0.5, 0.6) is 0 Å². The Kier molecular flexibility index (Phi) is 4.91. The van der Waals surface area contributed by atoms with Crippen LogP contribution in [0.2, 0.25) is 0 Å². The van der Waals surface area contributed by atoms with Crippen LogP contribution in [0.3, 0.4) is 0 Å². The van der Waals surface area contributed by atoms with E-state index in [-0.39, 0.29) is 9.86 Å². The van der Waals surface area contributed by atoms with Gasteiger partial charge in [-0.1, -0.05) is 50.9 Å². The van der Waals surface area contributed by atoms with Gasteiger partial charge in [0.25, 0.3) is 0 Å². The van der Waals surface area contributed by atoms with Crippen molar-refractivity contribution >= 4 is 16.9 Å². The highest BCUT2D eigenvalue weighted by atomic mass is 32.2. The van der Waals surface area contributed by atoms with Crippen LogP contribution in [0.1, 0.15) is 58.8 Å². The van der Waals surface area contributed by atoms with Gasteiger partial charge in [0.05, 0.1) is 0 Å². The van der Waals surface area contributed by atoms with E-state index in [9.17, 15) is 4.79 Å². The zero-order valence-electron chi connectivity index (χ0n) is 9.97. The first-order valence-electron chi connectivity index (χ1n) is 5.98. The summed E-state index contributed by atoms with van der Waals surface area (Å²) in [7, 11) is 0. The molecule has 0 aliphatic heterocycles. The molecular formula is C13H22OS. The molecule has 0 radical (unpaired) electrons. The second kappa shape index (κ2) is 5.74. The molecule has 15 heavy (non-hydrogen) atoms. The summed E-state index contributed by atoms with van der Waals surface area (Å²) in [6.07, 6.45) is 8.78. The molecule has 1 nitrogen and oxygen atoms in total. The van der Waals surface area contributed by atoms with Crippen LogP contribution >= 0.6 is 11.8 Å². The van der Waals surface area contributed by atoms with E-state index in [0.29, 0.717) is 5.57 Å². The van der Waals surface area contributed by atoms with Gasteiger partial charge in [0.2, 0.25) is 5.12 Å². The van der Waals surface area contributed by atoms with E-state index in [1.807, 2.05) is 6.92 Å². The molecule has 0 spiro atoms. The van der Waals surface area contributed by atoms with Gasteiger partial charge in [0, 0.05) is 4.75 Å². The third kappa shape index (κ3) is 3.67. The smallest absolute Gasteiger partial charge is 0.214 e. The van der Waals surface area contributed by atoms with Gasteiger partial charge in [-0.05, 0) is 31.8 Å².